The SMILES string of the molecule is Nc1ncnc(C[C@H]2O[C@@H](CO)[C@H](O)[C@@H]2O)c1N. The van der Waals surface area contributed by atoms with E-state index >= 15 is 0 Å². The van der Waals surface area contributed by atoms with Crippen LogP contribution in [0, 0.1) is 0 Å². The van der Waals surface area contributed by atoms with Gasteiger partial charge in [-0.2, -0.15) is 0 Å². The minimum Gasteiger partial charge on any atom is -0.394 e. The molecule has 4 atom stereocenters. The summed E-state index contributed by atoms with van der Waals surface area (Å²) in [5.74, 6) is 0.159. The van der Waals surface area contributed by atoms with Crippen LogP contribution >= 0.6 is 0 Å². The van der Waals surface area contributed by atoms with Crippen LogP contribution in [0.25, 0.3) is 0 Å². The zero-order valence-corrected chi connectivity index (χ0v) is 9.60. The molecule has 2 rings (SSSR count). The number of hydrogen-bond acceptors (Lipinski definition) is 8. The van der Waals surface area contributed by atoms with E-state index < -0.39 is 24.4 Å². The lowest BCUT2D eigenvalue weighted by Crippen LogP contribution is -2.34. The van der Waals surface area contributed by atoms with Crippen molar-refractivity contribution in [2.75, 3.05) is 18.1 Å². The van der Waals surface area contributed by atoms with Crippen molar-refractivity contribution in [3.8, 4) is 0 Å². The van der Waals surface area contributed by atoms with Gasteiger partial charge in [0.1, 0.15) is 30.5 Å². The van der Waals surface area contributed by atoms with Gasteiger partial charge >= 0.3 is 0 Å². The van der Waals surface area contributed by atoms with E-state index in [0.29, 0.717) is 5.69 Å². The monoisotopic (exact) mass is 256 g/mol. The number of anilines is 2. The quantitative estimate of drug-likeness (QED) is 0.404. The van der Waals surface area contributed by atoms with Gasteiger partial charge in [0.2, 0.25) is 0 Å². The van der Waals surface area contributed by atoms with Gasteiger partial charge in [-0.3, -0.25) is 0 Å². The van der Waals surface area contributed by atoms with Crippen molar-refractivity contribution in [2.24, 2.45) is 0 Å². The standard InChI is InChI=1S/C10H16N4O4/c11-7-4(13-3-14-10(7)12)1-5-8(16)9(17)6(2-15)18-5/h3,5-6,8-9,15-17H,1-2,11H2,(H2,12,13,14)/t5-,6+,8-,9+/m1/s1. The number of ether oxygens (including phenoxy) is 1. The van der Waals surface area contributed by atoms with E-state index in [-0.39, 0.29) is 24.5 Å². The summed E-state index contributed by atoms with van der Waals surface area (Å²) in [5.41, 5.74) is 11.9. The van der Waals surface area contributed by atoms with Crippen molar-refractivity contribution >= 4 is 11.5 Å². The average Bonchev–Trinajstić information content (AvgIpc) is 2.63. The second-order valence-electron chi connectivity index (χ2n) is 4.20. The Kier molecular flexibility index (Phi) is 3.62. The minimum atomic E-state index is -1.12. The van der Waals surface area contributed by atoms with Gasteiger partial charge in [-0.1, -0.05) is 0 Å². The molecule has 0 radical (unpaired) electrons. The van der Waals surface area contributed by atoms with Gasteiger partial charge in [-0.05, 0) is 0 Å². The van der Waals surface area contributed by atoms with Gasteiger partial charge in [0.25, 0.3) is 0 Å². The number of aromatic nitrogens is 2. The Bertz CT molecular complexity index is 430. The summed E-state index contributed by atoms with van der Waals surface area (Å²) in [7, 11) is 0. The molecule has 100 valence electrons. The Morgan fingerprint density at radius 2 is 1.83 bits per heavy atom. The first-order valence-corrected chi connectivity index (χ1v) is 5.52. The fourth-order valence-electron chi connectivity index (χ4n) is 1.95. The Hall–Kier alpha value is -1.48. The first-order chi connectivity index (χ1) is 8.54. The van der Waals surface area contributed by atoms with Crippen molar-refractivity contribution in [3.05, 3.63) is 12.0 Å². The summed E-state index contributed by atoms with van der Waals surface area (Å²) in [6.07, 6.45) is -2.26. The van der Waals surface area contributed by atoms with E-state index in [1.165, 1.54) is 6.33 Å². The maximum atomic E-state index is 9.78. The highest BCUT2D eigenvalue weighted by atomic mass is 16.6. The lowest BCUT2D eigenvalue weighted by atomic mass is 10.0. The zero-order chi connectivity index (χ0) is 13.3. The van der Waals surface area contributed by atoms with Crippen molar-refractivity contribution in [1.29, 1.82) is 0 Å². The second-order valence-corrected chi connectivity index (χ2v) is 4.20. The van der Waals surface area contributed by atoms with Crippen LogP contribution in [0.2, 0.25) is 0 Å². The third-order valence-corrected chi connectivity index (χ3v) is 3.03. The highest BCUT2D eigenvalue weighted by molar-refractivity contribution is 5.60. The van der Waals surface area contributed by atoms with Crippen LogP contribution in [-0.2, 0) is 11.2 Å². The van der Waals surface area contributed by atoms with Gasteiger partial charge < -0.3 is 31.5 Å². The Balaban J connectivity index is 2.13. The van der Waals surface area contributed by atoms with Gasteiger partial charge in [0.05, 0.1) is 24.1 Å². The van der Waals surface area contributed by atoms with Gasteiger partial charge in [-0.25, -0.2) is 9.97 Å². The molecule has 1 fully saturated rings. The number of aliphatic hydroxyl groups is 3. The fraction of sp³-hybridized carbons (Fsp3) is 0.600. The molecule has 0 unspecified atom stereocenters. The molecule has 0 amide bonds. The molecular formula is C10H16N4O4. The molecule has 1 saturated heterocycles. The van der Waals surface area contributed by atoms with E-state index in [4.69, 9.17) is 21.3 Å². The first kappa shape index (κ1) is 13.0. The normalized spacial score (nSPS) is 31.7. The van der Waals surface area contributed by atoms with E-state index in [0.717, 1.165) is 0 Å². The highest BCUT2D eigenvalue weighted by Crippen LogP contribution is 2.26. The number of nitrogens with two attached hydrogens (primary N) is 2. The molecule has 0 bridgehead atoms. The molecule has 7 N–H and O–H groups in total. The predicted octanol–water partition coefficient (Wildman–Crippen LogP) is -2.33. The molecule has 1 aliphatic rings. The number of hydrogen-bond donors (Lipinski definition) is 5. The lowest BCUT2D eigenvalue weighted by molar-refractivity contribution is -0.0217. The van der Waals surface area contributed by atoms with Crippen LogP contribution in [0.4, 0.5) is 11.5 Å². The molecule has 1 aliphatic heterocycles. The van der Waals surface area contributed by atoms with Crippen LogP contribution in [0.3, 0.4) is 0 Å². The molecule has 0 saturated carbocycles. The summed E-state index contributed by atoms with van der Waals surface area (Å²) in [6.45, 7) is -0.365. The molecule has 1 aromatic rings. The molecule has 1 aromatic heterocycles. The van der Waals surface area contributed by atoms with Crippen LogP contribution in [0.5, 0.6) is 0 Å². The van der Waals surface area contributed by atoms with Gasteiger partial charge in [-0.15, -0.1) is 0 Å². The van der Waals surface area contributed by atoms with Crippen LogP contribution < -0.4 is 11.5 Å². The van der Waals surface area contributed by atoms with Crippen LogP contribution in [-0.4, -0.2) is 56.3 Å². The van der Waals surface area contributed by atoms with E-state index in [9.17, 15) is 10.2 Å². The average molecular weight is 256 g/mol. The second kappa shape index (κ2) is 5.02. The third-order valence-electron chi connectivity index (χ3n) is 3.03. The van der Waals surface area contributed by atoms with Gasteiger partial charge in [0.15, 0.2) is 0 Å². The minimum absolute atomic E-state index is 0.159. The van der Waals surface area contributed by atoms with Gasteiger partial charge in [0, 0.05) is 6.42 Å². The maximum Gasteiger partial charge on any atom is 0.150 e. The summed E-state index contributed by atoms with van der Waals surface area (Å²) in [5, 5.41) is 28.4. The summed E-state index contributed by atoms with van der Waals surface area (Å²) in [6, 6.07) is 0. The van der Waals surface area contributed by atoms with Crippen molar-refractivity contribution in [2.45, 2.75) is 30.8 Å². The molecular weight excluding hydrogens is 240 g/mol. The predicted molar refractivity (Wildman–Crippen MR) is 62.3 cm³/mol. The maximum absolute atomic E-state index is 9.78. The largest absolute Gasteiger partial charge is 0.394 e. The highest BCUT2D eigenvalue weighted by Gasteiger charge is 2.42. The number of nitrogen functional groups attached to an aromatic ring is 2. The molecule has 8 nitrogen and oxygen atoms in total. The first-order valence-electron chi connectivity index (χ1n) is 5.52. The number of rotatable bonds is 3. The molecule has 8 heteroatoms. The van der Waals surface area contributed by atoms with Crippen molar-refractivity contribution in [1.82, 2.24) is 9.97 Å². The van der Waals surface area contributed by atoms with E-state index in [2.05, 4.69) is 9.97 Å². The lowest BCUT2D eigenvalue weighted by Gasteiger charge is -2.15. The summed E-state index contributed by atoms with van der Waals surface area (Å²) < 4.78 is 5.33. The Morgan fingerprint density at radius 3 is 2.44 bits per heavy atom. The van der Waals surface area contributed by atoms with Crippen molar-refractivity contribution in [3.63, 3.8) is 0 Å². The molecule has 18 heavy (non-hydrogen) atoms. The fourth-order valence-corrected chi connectivity index (χ4v) is 1.95. The van der Waals surface area contributed by atoms with E-state index in [1.807, 2.05) is 0 Å². The van der Waals surface area contributed by atoms with Crippen LogP contribution in [0.1, 0.15) is 5.69 Å². The molecule has 0 aromatic carbocycles. The Morgan fingerprint density at radius 1 is 1.17 bits per heavy atom. The zero-order valence-electron chi connectivity index (χ0n) is 9.60. The number of nitrogens with zero attached hydrogens (tertiary/aromatic N) is 2. The topological polar surface area (TPSA) is 148 Å². The smallest absolute Gasteiger partial charge is 0.150 e. The van der Waals surface area contributed by atoms with Crippen LogP contribution in [0.15, 0.2) is 6.33 Å². The third kappa shape index (κ3) is 2.23. The summed E-state index contributed by atoms with van der Waals surface area (Å²) in [4.78, 5) is 7.69. The van der Waals surface area contributed by atoms with E-state index in [1.54, 1.807) is 0 Å². The Labute approximate surface area is 103 Å². The molecule has 0 spiro atoms. The number of aliphatic hydroxyl groups excluding tert-OH is 3. The summed E-state index contributed by atoms with van der Waals surface area (Å²) >= 11 is 0. The molecule has 0 aliphatic carbocycles. The molecule has 2 heterocycles. The van der Waals surface area contributed by atoms with Crippen molar-refractivity contribution < 1.29 is 20.1 Å².